The predicted molar refractivity (Wildman–Crippen MR) is 76.1 cm³/mol. The van der Waals surface area contributed by atoms with Crippen molar-refractivity contribution in [1.29, 1.82) is 5.26 Å². The van der Waals surface area contributed by atoms with Crippen molar-refractivity contribution in [2.45, 2.75) is 24.9 Å². The minimum Gasteiger partial charge on any atom is -0.299 e. The molecular formula is C16H19N3. The van der Waals surface area contributed by atoms with Crippen molar-refractivity contribution in [3.05, 3.63) is 35.9 Å². The zero-order valence-electron chi connectivity index (χ0n) is 11.1. The third kappa shape index (κ3) is 3.58. The first kappa shape index (κ1) is 13.6. The summed E-state index contributed by atoms with van der Waals surface area (Å²) in [4.78, 5) is 2.39. The maximum Gasteiger partial charge on any atom is 0.109 e. The molecule has 3 heteroatoms. The van der Waals surface area contributed by atoms with Gasteiger partial charge < -0.3 is 0 Å². The largest absolute Gasteiger partial charge is 0.299 e. The molecule has 0 aliphatic carbocycles. The molecule has 19 heavy (non-hydrogen) atoms. The second kappa shape index (κ2) is 6.38. The third-order valence-corrected chi connectivity index (χ3v) is 3.70. The Kier molecular flexibility index (Phi) is 4.58. The Morgan fingerprint density at radius 1 is 1.26 bits per heavy atom. The van der Waals surface area contributed by atoms with E-state index in [9.17, 15) is 5.26 Å². The molecule has 0 saturated carbocycles. The molecule has 1 aliphatic rings. The number of piperidine rings is 1. The molecule has 1 heterocycles. The average molecular weight is 253 g/mol. The highest BCUT2D eigenvalue weighted by Crippen LogP contribution is 2.22. The zero-order chi connectivity index (χ0) is 13.6. The number of likely N-dealkylation sites (tertiary alicyclic amines) is 1. The van der Waals surface area contributed by atoms with Gasteiger partial charge in [-0.05, 0) is 18.4 Å². The fraction of sp³-hybridized carbons (Fsp3) is 0.438. The lowest BCUT2D eigenvalue weighted by Crippen LogP contribution is -2.52. The van der Waals surface area contributed by atoms with Gasteiger partial charge in [0.15, 0.2) is 0 Å². The second-order valence-corrected chi connectivity index (χ2v) is 5.01. The number of nitrogens with one attached hydrogen (secondary N) is 1. The highest BCUT2D eigenvalue weighted by atomic mass is 15.2. The highest BCUT2D eigenvalue weighted by molar-refractivity contribution is 5.16. The molecule has 1 aliphatic heterocycles. The summed E-state index contributed by atoms with van der Waals surface area (Å²) in [5.41, 5.74) is 0.892. The molecule has 0 unspecified atom stereocenters. The van der Waals surface area contributed by atoms with E-state index in [1.165, 1.54) is 5.56 Å². The smallest absolute Gasteiger partial charge is 0.109 e. The molecule has 3 nitrogen and oxygen atoms in total. The van der Waals surface area contributed by atoms with E-state index in [1.807, 2.05) is 6.07 Å². The van der Waals surface area contributed by atoms with Gasteiger partial charge in [-0.2, -0.15) is 5.26 Å². The highest BCUT2D eigenvalue weighted by Gasteiger charge is 2.33. The first-order valence-corrected chi connectivity index (χ1v) is 6.64. The van der Waals surface area contributed by atoms with E-state index in [1.54, 1.807) is 0 Å². The molecule has 0 radical (unpaired) electrons. The SMILES string of the molecule is C#CCNC1(C#N)CCN(Cc2ccccc2)CC1. The van der Waals surface area contributed by atoms with Crippen molar-refractivity contribution in [3.63, 3.8) is 0 Å². The van der Waals surface area contributed by atoms with Crippen molar-refractivity contribution in [2.75, 3.05) is 19.6 Å². The van der Waals surface area contributed by atoms with Gasteiger partial charge >= 0.3 is 0 Å². The lowest BCUT2D eigenvalue weighted by molar-refractivity contribution is 0.163. The number of hydrogen-bond acceptors (Lipinski definition) is 3. The Hall–Kier alpha value is -1.81. The molecular weight excluding hydrogens is 234 g/mol. The van der Waals surface area contributed by atoms with Crippen molar-refractivity contribution in [1.82, 2.24) is 10.2 Å². The Morgan fingerprint density at radius 2 is 1.95 bits per heavy atom. The topological polar surface area (TPSA) is 39.1 Å². The molecule has 0 amide bonds. The number of hydrogen-bond donors (Lipinski definition) is 1. The minimum atomic E-state index is -0.431. The van der Waals surface area contributed by atoms with E-state index in [-0.39, 0.29) is 0 Å². The van der Waals surface area contributed by atoms with Crippen LogP contribution in [0.1, 0.15) is 18.4 Å². The fourth-order valence-corrected chi connectivity index (χ4v) is 2.48. The van der Waals surface area contributed by atoms with Gasteiger partial charge in [-0.15, -0.1) is 6.42 Å². The lowest BCUT2D eigenvalue weighted by atomic mass is 9.88. The summed E-state index contributed by atoms with van der Waals surface area (Å²) < 4.78 is 0. The van der Waals surface area contributed by atoms with E-state index in [0.717, 1.165) is 32.5 Å². The summed E-state index contributed by atoms with van der Waals surface area (Å²) >= 11 is 0. The van der Waals surface area contributed by atoms with Crippen LogP contribution in [0.4, 0.5) is 0 Å². The van der Waals surface area contributed by atoms with Gasteiger partial charge in [-0.25, -0.2) is 0 Å². The van der Waals surface area contributed by atoms with E-state index < -0.39 is 5.54 Å². The second-order valence-electron chi connectivity index (χ2n) is 5.01. The van der Waals surface area contributed by atoms with Gasteiger partial charge in [0, 0.05) is 19.6 Å². The summed E-state index contributed by atoms with van der Waals surface area (Å²) in [6, 6.07) is 12.8. The van der Waals surface area contributed by atoms with Crippen molar-refractivity contribution >= 4 is 0 Å². The first-order valence-electron chi connectivity index (χ1n) is 6.64. The van der Waals surface area contributed by atoms with Crippen LogP contribution >= 0.6 is 0 Å². The van der Waals surface area contributed by atoms with Gasteiger partial charge in [-0.3, -0.25) is 10.2 Å². The molecule has 0 atom stereocenters. The summed E-state index contributed by atoms with van der Waals surface area (Å²) in [5.74, 6) is 2.55. The van der Waals surface area contributed by atoms with Crippen LogP contribution in [-0.4, -0.2) is 30.1 Å². The third-order valence-electron chi connectivity index (χ3n) is 3.70. The summed E-state index contributed by atoms with van der Waals surface area (Å²) in [6.45, 7) is 3.28. The molecule has 0 spiro atoms. The van der Waals surface area contributed by atoms with Gasteiger partial charge in [0.25, 0.3) is 0 Å². The number of benzene rings is 1. The van der Waals surface area contributed by atoms with Gasteiger partial charge in [0.1, 0.15) is 5.54 Å². The summed E-state index contributed by atoms with van der Waals surface area (Å²) in [5, 5.41) is 12.5. The van der Waals surface area contributed by atoms with Gasteiger partial charge in [-0.1, -0.05) is 36.3 Å². The fourth-order valence-electron chi connectivity index (χ4n) is 2.48. The van der Waals surface area contributed by atoms with Crippen LogP contribution in [-0.2, 0) is 6.54 Å². The Bertz CT molecular complexity index is 473. The zero-order valence-corrected chi connectivity index (χ0v) is 11.1. The molecule has 1 saturated heterocycles. The van der Waals surface area contributed by atoms with Gasteiger partial charge in [0.2, 0.25) is 0 Å². The molecule has 0 bridgehead atoms. The van der Waals surface area contributed by atoms with Crippen LogP contribution in [0.15, 0.2) is 30.3 Å². The van der Waals surface area contributed by atoms with Crippen LogP contribution in [0.2, 0.25) is 0 Å². The Morgan fingerprint density at radius 3 is 2.53 bits per heavy atom. The first-order chi connectivity index (χ1) is 9.28. The molecule has 2 rings (SSSR count). The summed E-state index contributed by atoms with van der Waals surface area (Å²) in [6.07, 6.45) is 6.92. The maximum absolute atomic E-state index is 9.34. The predicted octanol–water partition coefficient (Wildman–Crippen LogP) is 1.77. The van der Waals surface area contributed by atoms with Crippen LogP contribution in [0, 0.1) is 23.7 Å². The van der Waals surface area contributed by atoms with E-state index in [2.05, 4.69) is 46.5 Å². The molecule has 1 aromatic rings. The Labute approximate surface area is 115 Å². The number of nitrogens with zero attached hydrogens (tertiary/aromatic N) is 2. The number of terminal acetylenes is 1. The average Bonchev–Trinajstić information content (AvgIpc) is 2.48. The van der Waals surface area contributed by atoms with Gasteiger partial charge in [0.05, 0.1) is 12.6 Å². The van der Waals surface area contributed by atoms with Crippen molar-refractivity contribution < 1.29 is 0 Å². The molecule has 1 aromatic carbocycles. The standard InChI is InChI=1S/C16H19N3/c1-2-10-18-16(14-17)8-11-19(12-9-16)13-15-6-4-3-5-7-15/h1,3-7,18H,8-13H2. The summed E-state index contributed by atoms with van der Waals surface area (Å²) in [7, 11) is 0. The monoisotopic (exact) mass is 253 g/mol. The molecule has 1 N–H and O–H groups in total. The van der Waals surface area contributed by atoms with E-state index in [4.69, 9.17) is 6.42 Å². The lowest BCUT2D eigenvalue weighted by Gasteiger charge is -2.37. The van der Waals surface area contributed by atoms with Crippen molar-refractivity contribution in [3.8, 4) is 18.4 Å². The Balaban J connectivity index is 1.88. The number of rotatable bonds is 4. The van der Waals surface area contributed by atoms with Crippen LogP contribution < -0.4 is 5.32 Å². The number of nitriles is 1. The normalized spacial score (nSPS) is 18.4. The van der Waals surface area contributed by atoms with E-state index in [0.29, 0.717) is 6.54 Å². The quantitative estimate of drug-likeness (QED) is 0.831. The van der Waals surface area contributed by atoms with Crippen LogP contribution in [0.3, 0.4) is 0 Å². The van der Waals surface area contributed by atoms with Crippen molar-refractivity contribution in [2.24, 2.45) is 0 Å². The molecule has 98 valence electrons. The maximum atomic E-state index is 9.34. The van der Waals surface area contributed by atoms with E-state index >= 15 is 0 Å². The molecule has 0 aromatic heterocycles. The molecule has 1 fully saturated rings. The van der Waals surface area contributed by atoms with Crippen LogP contribution in [0.5, 0.6) is 0 Å². The van der Waals surface area contributed by atoms with Crippen LogP contribution in [0.25, 0.3) is 0 Å². The minimum absolute atomic E-state index is 0.431.